The quantitative estimate of drug-likeness (QED) is 0.302. The fourth-order valence-electron chi connectivity index (χ4n) is 3.32. The Balaban J connectivity index is 2.27. The first-order valence-corrected chi connectivity index (χ1v) is 9.86. The van der Waals surface area contributed by atoms with Crippen molar-refractivity contribution in [3.05, 3.63) is 24.6 Å². The van der Waals surface area contributed by atoms with Crippen LogP contribution in [0.5, 0.6) is 0 Å². The van der Waals surface area contributed by atoms with Crippen molar-refractivity contribution < 1.29 is 9.28 Å². The van der Waals surface area contributed by atoms with Gasteiger partial charge in [-0.3, -0.25) is 9.28 Å². The lowest BCUT2D eigenvalue weighted by Gasteiger charge is -2.35. The third kappa shape index (κ3) is 7.52. The number of carbonyl (C=O) groups is 1. The molecule has 0 saturated carbocycles. The molecule has 0 saturated heterocycles. The van der Waals surface area contributed by atoms with Crippen LogP contribution in [-0.4, -0.2) is 36.2 Å². The van der Waals surface area contributed by atoms with Gasteiger partial charge in [0.05, 0.1) is 19.3 Å². The summed E-state index contributed by atoms with van der Waals surface area (Å²) >= 11 is 0. The summed E-state index contributed by atoms with van der Waals surface area (Å²) in [6.07, 6.45) is 19.9. The van der Waals surface area contributed by atoms with E-state index in [1.54, 1.807) is 6.92 Å². The molecular formula is C20H38N3O+. The predicted molar refractivity (Wildman–Crippen MR) is 102 cm³/mol. The van der Waals surface area contributed by atoms with Gasteiger partial charge in [-0.2, -0.15) is 0 Å². The van der Waals surface area contributed by atoms with Crippen molar-refractivity contribution in [2.45, 2.75) is 78.3 Å². The van der Waals surface area contributed by atoms with Gasteiger partial charge < -0.3 is 10.6 Å². The first-order chi connectivity index (χ1) is 11.6. The molecule has 0 fully saturated rings. The largest absolute Gasteiger partial charge is 0.351 e. The van der Waals surface area contributed by atoms with Crippen LogP contribution in [0.4, 0.5) is 0 Å². The fourth-order valence-corrected chi connectivity index (χ4v) is 3.32. The Morgan fingerprint density at radius 2 is 1.88 bits per heavy atom. The molecule has 138 valence electrons. The predicted octanol–water partition coefficient (Wildman–Crippen LogP) is 4.06. The average Bonchev–Trinajstić information content (AvgIpc) is 2.96. The highest BCUT2D eigenvalue weighted by Crippen LogP contribution is 2.19. The zero-order chi connectivity index (χ0) is 17.7. The lowest BCUT2D eigenvalue weighted by molar-refractivity contribution is -0.891. The number of nitrogens with zero attached hydrogens (tertiary/aromatic N) is 1. The van der Waals surface area contributed by atoms with E-state index in [9.17, 15) is 4.79 Å². The molecule has 0 bridgehead atoms. The molecule has 0 aromatic carbocycles. The number of likely N-dealkylation sites (N-methyl/N-ethyl adjacent to an activating group) is 1. The number of hydrogen-bond donors (Lipinski definition) is 2. The molecular weight excluding hydrogens is 298 g/mol. The van der Waals surface area contributed by atoms with Crippen LogP contribution in [0.2, 0.25) is 0 Å². The summed E-state index contributed by atoms with van der Waals surface area (Å²) in [5.74, 6) is 0.0476. The summed E-state index contributed by atoms with van der Waals surface area (Å²) in [4.78, 5) is 11.1. The van der Waals surface area contributed by atoms with E-state index in [1.165, 1.54) is 51.4 Å². The zero-order valence-corrected chi connectivity index (χ0v) is 16.0. The molecule has 1 aliphatic heterocycles. The highest BCUT2D eigenvalue weighted by Gasteiger charge is 2.34. The normalized spacial score (nSPS) is 22.9. The Hall–Kier alpha value is -1.29. The average molecular weight is 337 g/mol. The summed E-state index contributed by atoms with van der Waals surface area (Å²) in [6, 6.07) is 0. The molecule has 0 aliphatic carbocycles. The summed E-state index contributed by atoms with van der Waals surface area (Å²) in [5, 5.41) is 6.37. The number of quaternary nitrogens is 1. The minimum Gasteiger partial charge on any atom is -0.351 e. The van der Waals surface area contributed by atoms with E-state index in [-0.39, 0.29) is 5.91 Å². The van der Waals surface area contributed by atoms with Gasteiger partial charge in [-0.1, -0.05) is 51.5 Å². The molecule has 1 heterocycles. The first-order valence-electron chi connectivity index (χ1n) is 9.86. The number of carbonyl (C=O) groups excluding carboxylic acids is 1. The molecule has 0 spiro atoms. The van der Waals surface area contributed by atoms with Crippen molar-refractivity contribution in [2.75, 3.05) is 19.6 Å². The molecule has 1 rings (SSSR count). The van der Waals surface area contributed by atoms with Crippen molar-refractivity contribution in [3.63, 3.8) is 0 Å². The third-order valence-corrected chi connectivity index (χ3v) is 4.98. The molecule has 24 heavy (non-hydrogen) atoms. The van der Waals surface area contributed by atoms with Crippen LogP contribution in [0.15, 0.2) is 24.6 Å². The standard InChI is InChI=1S/C20H37N3O/c1-4-6-7-8-9-10-11-12-13-14-20-22-16-18-23(20,5-2)17-15-21-19(3)24/h13-14,16,18,20,22H,4-12,15,17H2,1-3H3/p+1/b14-13+. The highest BCUT2D eigenvalue weighted by molar-refractivity contribution is 5.72. The third-order valence-electron chi connectivity index (χ3n) is 4.98. The van der Waals surface area contributed by atoms with Gasteiger partial charge in [0.2, 0.25) is 5.91 Å². The highest BCUT2D eigenvalue weighted by atomic mass is 16.1. The summed E-state index contributed by atoms with van der Waals surface area (Å²) in [7, 11) is 0. The van der Waals surface area contributed by atoms with Gasteiger partial charge in [-0.15, -0.1) is 0 Å². The van der Waals surface area contributed by atoms with Crippen molar-refractivity contribution in [3.8, 4) is 0 Å². The summed E-state index contributed by atoms with van der Waals surface area (Å²) in [5.41, 5.74) is 0. The van der Waals surface area contributed by atoms with Crippen LogP contribution in [0.3, 0.4) is 0 Å². The molecule has 2 N–H and O–H groups in total. The molecule has 0 aromatic rings. The van der Waals surface area contributed by atoms with Crippen LogP contribution in [0.25, 0.3) is 0 Å². The van der Waals surface area contributed by atoms with Gasteiger partial charge >= 0.3 is 0 Å². The second kappa shape index (κ2) is 12.1. The molecule has 2 atom stereocenters. The number of hydrogen-bond acceptors (Lipinski definition) is 2. The van der Waals surface area contributed by atoms with Crippen molar-refractivity contribution >= 4 is 5.91 Å². The number of nitrogens with one attached hydrogen (secondary N) is 2. The number of rotatable bonds is 13. The lowest BCUT2D eigenvalue weighted by atomic mass is 10.1. The van der Waals surface area contributed by atoms with Gasteiger partial charge in [0.25, 0.3) is 0 Å². The van der Waals surface area contributed by atoms with Gasteiger partial charge in [-0.05, 0) is 25.8 Å². The molecule has 4 nitrogen and oxygen atoms in total. The smallest absolute Gasteiger partial charge is 0.217 e. The van der Waals surface area contributed by atoms with Crippen molar-refractivity contribution in [1.82, 2.24) is 10.6 Å². The van der Waals surface area contributed by atoms with Crippen LogP contribution < -0.4 is 10.6 Å². The Morgan fingerprint density at radius 1 is 1.17 bits per heavy atom. The fraction of sp³-hybridized carbons (Fsp3) is 0.750. The van der Waals surface area contributed by atoms with E-state index in [4.69, 9.17) is 0 Å². The van der Waals surface area contributed by atoms with E-state index >= 15 is 0 Å². The number of allylic oxidation sites excluding steroid dienone is 1. The SMILES string of the molecule is CCCCCCCCC/C=C/C1NC=C[N+]1(CC)CCNC(C)=O. The van der Waals surface area contributed by atoms with E-state index in [0.29, 0.717) is 6.17 Å². The Labute approximate surface area is 149 Å². The van der Waals surface area contributed by atoms with Crippen molar-refractivity contribution in [1.29, 1.82) is 0 Å². The van der Waals surface area contributed by atoms with Crippen LogP contribution in [-0.2, 0) is 4.79 Å². The Bertz CT molecular complexity index is 406. The summed E-state index contributed by atoms with van der Waals surface area (Å²) < 4.78 is 0.869. The Kier molecular flexibility index (Phi) is 10.5. The molecule has 0 aromatic heterocycles. The monoisotopic (exact) mass is 336 g/mol. The molecule has 1 aliphatic rings. The minimum atomic E-state index is 0.0476. The molecule has 0 radical (unpaired) electrons. The van der Waals surface area contributed by atoms with E-state index < -0.39 is 0 Å². The maximum atomic E-state index is 11.1. The van der Waals surface area contributed by atoms with Crippen LogP contribution in [0, 0.1) is 0 Å². The van der Waals surface area contributed by atoms with Crippen LogP contribution in [0.1, 0.15) is 72.1 Å². The van der Waals surface area contributed by atoms with E-state index in [0.717, 1.165) is 24.1 Å². The Morgan fingerprint density at radius 3 is 2.54 bits per heavy atom. The maximum absolute atomic E-state index is 11.1. The van der Waals surface area contributed by atoms with Gasteiger partial charge in [0.1, 0.15) is 12.7 Å². The lowest BCUT2D eigenvalue weighted by Crippen LogP contribution is -2.54. The molecule has 4 heteroatoms. The second-order valence-electron chi connectivity index (χ2n) is 6.89. The zero-order valence-electron chi connectivity index (χ0n) is 16.0. The van der Waals surface area contributed by atoms with Gasteiger partial charge in [0.15, 0.2) is 6.17 Å². The topological polar surface area (TPSA) is 41.1 Å². The number of amides is 1. The number of unbranched alkanes of at least 4 members (excludes halogenated alkanes) is 7. The molecule has 2 unspecified atom stereocenters. The van der Waals surface area contributed by atoms with E-state index in [1.807, 2.05) is 0 Å². The second-order valence-corrected chi connectivity index (χ2v) is 6.89. The van der Waals surface area contributed by atoms with E-state index in [2.05, 4.69) is 49.0 Å². The van der Waals surface area contributed by atoms with Gasteiger partial charge in [-0.25, -0.2) is 0 Å². The van der Waals surface area contributed by atoms with Crippen LogP contribution >= 0.6 is 0 Å². The van der Waals surface area contributed by atoms with Gasteiger partial charge in [0, 0.05) is 6.92 Å². The summed E-state index contributed by atoms with van der Waals surface area (Å²) in [6.45, 7) is 8.72. The first kappa shape index (κ1) is 20.8. The minimum absolute atomic E-state index is 0.0476. The van der Waals surface area contributed by atoms with Crippen molar-refractivity contribution in [2.24, 2.45) is 0 Å². The molecule has 1 amide bonds. The maximum Gasteiger partial charge on any atom is 0.217 e.